The number of fused-ring (bicyclic) bond motifs is 3. The van der Waals surface area contributed by atoms with E-state index in [2.05, 4.69) is 10.3 Å². The van der Waals surface area contributed by atoms with Crippen LogP contribution in [0.2, 0.25) is 0 Å². The van der Waals surface area contributed by atoms with Crippen LogP contribution in [0.1, 0.15) is 36.5 Å². The van der Waals surface area contributed by atoms with Crippen LogP contribution < -0.4 is 15.0 Å². The van der Waals surface area contributed by atoms with Gasteiger partial charge in [-0.25, -0.2) is 0 Å². The molecule has 172 valence electrons. The molecular formula is C26H24N4O4. The summed E-state index contributed by atoms with van der Waals surface area (Å²) in [5, 5.41) is 2.86. The molecule has 5 rings (SSSR count). The number of hydrogen-bond acceptors (Lipinski definition) is 5. The Morgan fingerprint density at radius 2 is 1.74 bits per heavy atom. The van der Waals surface area contributed by atoms with Crippen molar-refractivity contribution in [2.75, 3.05) is 16.8 Å². The standard InChI is InChI=1S/C26H24N4O4/c1-26-14-10-24(32)30(26)22-5-3-2-4-21(22)25(33)29(26)17-13-23(31)28-18-6-8-19(9-7-18)34-20-11-15-27-16-12-20/h2-9,11-12,15-16H,10,13-14,17H2,1H3,(H,28,31). The number of rotatable bonds is 6. The third kappa shape index (κ3) is 3.87. The number of carbonyl (C=O) groups excluding carboxylic acids is 3. The molecule has 3 aromatic rings. The minimum absolute atomic E-state index is 0.00836. The van der Waals surface area contributed by atoms with Crippen molar-refractivity contribution in [1.29, 1.82) is 0 Å². The van der Waals surface area contributed by atoms with Crippen LogP contribution in [0.3, 0.4) is 0 Å². The molecule has 3 heterocycles. The first-order valence-electron chi connectivity index (χ1n) is 11.2. The zero-order chi connectivity index (χ0) is 23.7. The van der Waals surface area contributed by atoms with E-state index in [0.29, 0.717) is 41.3 Å². The molecule has 8 nitrogen and oxygen atoms in total. The lowest BCUT2D eigenvalue weighted by Gasteiger charge is -2.48. The van der Waals surface area contributed by atoms with Gasteiger partial charge in [0.25, 0.3) is 5.91 Å². The van der Waals surface area contributed by atoms with Gasteiger partial charge in [-0.3, -0.25) is 24.3 Å². The molecule has 1 unspecified atom stereocenters. The molecule has 3 amide bonds. The van der Waals surface area contributed by atoms with E-state index in [-0.39, 0.29) is 30.7 Å². The summed E-state index contributed by atoms with van der Waals surface area (Å²) in [5.41, 5.74) is 0.994. The monoisotopic (exact) mass is 456 g/mol. The first-order valence-corrected chi connectivity index (χ1v) is 11.2. The third-order valence-electron chi connectivity index (χ3n) is 6.33. The second-order valence-electron chi connectivity index (χ2n) is 8.53. The maximum Gasteiger partial charge on any atom is 0.257 e. The molecule has 0 saturated carbocycles. The van der Waals surface area contributed by atoms with Crippen LogP contribution in [0, 0.1) is 0 Å². The van der Waals surface area contributed by atoms with E-state index < -0.39 is 5.66 Å². The summed E-state index contributed by atoms with van der Waals surface area (Å²) in [6.07, 6.45) is 4.31. The van der Waals surface area contributed by atoms with Crippen molar-refractivity contribution in [3.63, 3.8) is 0 Å². The van der Waals surface area contributed by atoms with E-state index in [4.69, 9.17) is 4.74 Å². The normalized spacial score (nSPS) is 19.0. The molecule has 0 aliphatic carbocycles. The summed E-state index contributed by atoms with van der Waals surface area (Å²) in [6.45, 7) is 2.10. The average Bonchev–Trinajstić information content (AvgIpc) is 3.16. The van der Waals surface area contributed by atoms with Crippen molar-refractivity contribution in [3.05, 3.63) is 78.6 Å². The highest BCUT2D eigenvalue weighted by Gasteiger charge is 2.52. The van der Waals surface area contributed by atoms with Crippen LogP contribution in [0.15, 0.2) is 73.1 Å². The van der Waals surface area contributed by atoms with E-state index in [1.807, 2.05) is 13.0 Å². The number of carbonyl (C=O) groups is 3. The smallest absolute Gasteiger partial charge is 0.257 e. The van der Waals surface area contributed by atoms with E-state index in [1.165, 1.54) is 0 Å². The summed E-state index contributed by atoms with van der Waals surface area (Å²) < 4.78 is 5.74. The fourth-order valence-corrected chi connectivity index (χ4v) is 4.63. The number of hydrogen-bond donors (Lipinski definition) is 1. The lowest BCUT2D eigenvalue weighted by Crippen LogP contribution is -2.62. The van der Waals surface area contributed by atoms with Gasteiger partial charge in [-0.05, 0) is 61.9 Å². The molecule has 0 radical (unpaired) electrons. The molecule has 2 aromatic carbocycles. The van der Waals surface area contributed by atoms with Crippen molar-refractivity contribution in [2.24, 2.45) is 0 Å². The van der Waals surface area contributed by atoms with Crippen LogP contribution in [0.5, 0.6) is 11.5 Å². The van der Waals surface area contributed by atoms with Crippen molar-refractivity contribution >= 4 is 29.1 Å². The molecule has 2 aliphatic heterocycles. The van der Waals surface area contributed by atoms with E-state index in [9.17, 15) is 14.4 Å². The Bertz CT molecular complexity index is 1250. The van der Waals surface area contributed by atoms with Gasteiger partial charge < -0.3 is 15.0 Å². The number of pyridine rings is 1. The highest BCUT2D eigenvalue weighted by Crippen LogP contribution is 2.44. The van der Waals surface area contributed by atoms with E-state index in [1.54, 1.807) is 76.8 Å². The molecule has 8 heteroatoms. The van der Waals surface area contributed by atoms with Crippen LogP contribution in [-0.2, 0) is 9.59 Å². The summed E-state index contributed by atoms with van der Waals surface area (Å²) in [7, 11) is 0. The Kier molecular flexibility index (Phi) is 5.49. The predicted molar refractivity (Wildman–Crippen MR) is 127 cm³/mol. The minimum atomic E-state index is -0.769. The SMILES string of the molecule is CC12CCC(=O)N1c1ccccc1C(=O)N2CCC(=O)Nc1ccc(Oc2ccncc2)cc1. The molecule has 1 atom stereocenters. The quantitative estimate of drug-likeness (QED) is 0.600. The summed E-state index contributed by atoms with van der Waals surface area (Å²) in [5.74, 6) is 0.933. The van der Waals surface area contributed by atoms with Crippen LogP contribution in [-0.4, -0.2) is 39.8 Å². The van der Waals surface area contributed by atoms with Crippen molar-refractivity contribution in [3.8, 4) is 11.5 Å². The maximum absolute atomic E-state index is 13.3. The van der Waals surface area contributed by atoms with Gasteiger partial charge in [0.15, 0.2) is 0 Å². The number of anilines is 2. The molecule has 0 bridgehead atoms. The van der Waals surface area contributed by atoms with Crippen LogP contribution >= 0.6 is 0 Å². The van der Waals surface area contributed by atoms with Crippen LogP contribution in [0.4, 0.5) is 11.4 Å². The number of nitrogens with one attached hydrogen (secondary N) is 1. The van der Waals surface area contributed by atoms with Gasteiger partial charge in [0, 0.05) is 37.5 Å². The zero-order valence-corrected chi connectivity index (χ0v) is 18.7. The number of para-hydroxylation sites is 1. The summed E-state index contributed by atoms with van der Waals surface area (Å²) in [6, 6.07) is 17.7. The predicted octanol–water partition coefficient (Wildman–Crippen LogP) is 4.20. The molecule has 1 N–H and O–H groups in total. The number of nitrogens with zero attached hydrogens (tertiary/aromatic N) is 3. The van der Waals surface area contributed by atoms with E-state index in [0.717, 1.165) is 0 Å². The number of aromatic nitrogens is 1. The third-order valence-corrected chi connectivity index (χ3v) is 6.33. The molecule has 1 saturated heterocycles. The Morgan fingerprint density at radius 3 is 2.50 bits per heavy atom. The summed E-state index contributed by atoms with van der Waals surface area (Å²) >= 11 is 0. The maximum atomic E-state index is 13.3. The Hall–Kier alpha value is -4.20. The van der Waals surface area contributed by atoms with Crippen molar-refractivity contribution < 1.29 is 19.1 Å². The average molecular weight is 457 g/mol. The number of ether oxygens (including phenoxy) is 1. The van der Waals surface area contributed by atoms with Gasteiger partial charge in [0.1, 0.15) is 17.2 Å². The van der Waals surface area contributed by atoms with Crippen molar-refractivity contribution in [2.45, 2.75) is 31.8 Å². The second kappa shape index (κ2) is 8.62. The molecule has 0 spiro atoms. The topological polar surface area (TPSA) is 91.8 Å². The van der Waals surface area contributed by atoms with Gasteiger partial charge in [-0.1, -0.05) is 12.1 Å². The molecule has 34 heavy (non-hydrogen) atoms. The summed E-state index contributed by atoms with van der Waals surface area (Å²) in [4.78, 5) is 45.9. The van der Waals surface area contributed by atoms with Gasteiger partial charge in [0.2, 0.25) is 11.8 Å². The first kappa shape index (κ1) is 21.6. The lowest BCUT2D eigenvalue weighted by molar-refractivity contribution is -0.117. The number of amides is 3. The highest BCUT2D eigenvalue weighted by atomic mass is 16.5. The fourth-order valence-electron chi connectivity index (χ4n) is 4.63. The van der Waals surface area contributed by atoms with Gasteiger partial charge in [-0.15, -0.1) is 0 Å². The minimum Gasteiger partial charge on any atom is -0.457 e. The molecule has 2 aliphatic rings. The van der Waals surface area contributed by atoms with E-state index >= 15 is 0 Å². The lowest BCUT2D eigenvalue weighted by atomic mass is 9.98. The van der Waals surface area contributed by atoms with Crippen molar-refractivity contribution in [1.82, 2.24) is 9.88 Å². The van der Waals surface area contributed by atoms with Gasteiger partial charge in [0.05, 0.1) is 11.3 Å². The molecule has 1 aromatic heterocycles. The van der Waals surface area contributed by atoms with Gasteiger partial charge in [-0.2, -0.15) is 0 Å². The second-order valence-corrected chi connectivity index (χ2v) is 8.53. The Morgan fingerprint density at radius 1 is 1.03 bits per heavy atom. The molecular weight excluding hydrogens is 432 g/mol. The van der Waals surface area contributed by atoms with Gasteiger partial charge >= 0.3 is 0 Å². The highest BCUT2D eigenvalue weighted by molar-refractivity contribution is 6.10. The molecule has 1 fully saturated rings. The largest absolute Gasteiger partial charge is 0.457 e. The first-order chi connectivity index (χ1) is 16.5. The number of benzene rings is 2. The zero-order valence-electron chi connectivity index (χ0n) is 18.7. The Labute approximate surface area is 197 Å². The Balaban J connectivity index is 1.25. The van der Waals surface area contributed by atoms with Crippen LogP contribution in [0.25, 0.3) is 0 Å². The fraction of sp³-hybridized carbons (Fsp3) is 0.231.